The van der Waals surface area contributed by atoms with Gasteiger partial charge < -0.3 is 9.52 Å². The molecule has 0 fully saturated rings. The summed E-state index contributed by atoms with van der Waals surface area (Å²) in [5, 5.41) is 10.1. The van der Waals surface area contributed by atoms with Gasteiger partial charge >= 0.3 is 0 Å². The molecular weight excluding hydrogens is 288 g/mol. The van der Waals surface area contributed by atoms with Crippen LogP contribution in [0.4, 0.5) is 0 Å². The monoisotopic (exact) mass is 300 g/mol. The minimum absolute atomic E-state index is 0.0290. The number of aryl methyl sites for hydroxylation is 2. The molecular formula is C17H13ClO3. The lowest BCUT2D eigenvalue weighted by atomic mass is 9.98. The summed E-state index contributed by atoms with van der Waals surface area (Å²) in [5.74, 6) is 0.474. The average molecular weight is 301 g/mol. The fraction of sp³-hybridized carbons (Fsp3) is 0.118. The van der Waals surface area contributed by atoms with Gasteiger partial charge in [-0.05, 0) is 31.0 Å². The molecule has 3 rings (SSSR count). The third-order valence-electron chi connectivity index (χ3n) is 3.52. The number of fused-ring (bicyclic) bond motifs is 1. The summed E-state index contributed by atoms with van der Waals surface area (Å²) >= 11 is 6.10. The van der Waals surface area contributed by atoms with E-state index in [1.165, 1.54) is 12.1 Å². The summed E-state index contributed by atoms with van der Waals surface area (Å²) in [6.07, 6.45) is 0. The third kappa shape index (κ3) is 2.20. The first-order valence-corrected chi connectivity index (χ1v) is 6.88. The van der Waals surface area contributed by atoms with Gasteiger partial charge in [-0.1, -0.05) is 35.9 Å². The molecule has 4 heteroatoms. The second kappa shape index (κ2) is 4.93. The molecule has 0 unspecified atom stereocenters. The Balaban J connectivity index is 2.46. The maximum atomic E-state index is 12.8. The molecule has 0 aliphatic carbocycles. The fourth-order valence-electron chi connectivity index (χ4n) is 2.53. The van der Waals surface area contributed by atoms with E-state index in [-0.39, 0.29) is 16.2 Å². The Hall–Kier alpha value is -2.26. The van der Waals surface area contributed by atoms with E-state index >= 15 is 0 Å². The summed E-state index contributed by atoms with van der Waals surface area (Å²) in [7, 11) is 0. The molecule has 0 spiro atoms. The lowest BCUT2D eigenvalue weighted by molar-refractivity contribution is 0.473. The molecule has 3 aromatic rings. The van der Waals surface area contributed by atoms with Crippen LogP contribution >= 0.6 is 11.6 Å². The van der Waals surface area contributed by atoms with Crippen molar-refractivity contribution in [2.24, 2.45) is 0 Å². The summed E-state index contributed by atoms with van der Waals surface area (Å²) in [6, 6.07) is 10.4. The van der Waals surface area contributed by atoms with Crippen molar-refractivity contribution < 1.29 is 9.52 Å². The molecule has 1 aromatic heterocycles. The van der Waals surface area contributed by atoms with Crippen LogP contribution in [0.15, 0.2) is 45.6 Å². The number of aromatic hydroxyl groups is 1. The van der Waals surface area contributed by atoms with E-state index in [9.17, 15) is 9.90 Å². The number of hydrogen-bond donors (Lipinski definition) is 1. The second-order valence-corrected chi connectivity index (χ2v) is 5.39. The number of phenolic OH excluding ortho intramolecular Hbond substituents is 1. The Labute approximate surface area is 126 Å². The molecule has 0 aliphatic rings. The molecule has 106 valence electrons. The Bertz CT molecular complexity index is 910. The summed E-state index contributed by atoms with van der Waals surface area (Å²) in [4.78, 5) is 12.8. The topological polar surface area (TPSA) is 50.4 Å². The van der Waals surface area contributed by atoms with Gasteiger partial charge in [-0.2, -0.15) is 0 Å². The SMILES string of the molecule is Cc1ccccc1-c1c(C)oc2cc(O)cc(Cl)c2c1=O. The van der Waals surface area contributed by atoms with E-state index in [1.807, 2.05) is 31.2 Å². The maximum absolute atomic E-state index is 12.8. The van der Waals surface area contributed by atoms with E-state index in [2.05, 4.69) is 0 Å². The van der Waals surface area contributed by atoms with Crippen molar-refractivity contribution in [3.8, 4) is 16.9 Å². The standard InChI is InChI=1S/C17H13ClO3/c1-9-5-3-4-6-12(9)15-10(2)21-14-8-11(19)7-13(18)16(14)17(15)20/h3-8,19H,1-2H3. The van der Waals surface area contributed by atoms with Crippen LogP contribution < -0.4 is 5.43 Å². The molecule has 0 amide bonds. The van der Waals surface area contributed by atoms with Crippen LogP contribution in [0.2, 0.25) is 5.02 Å². The average Bonchev–Trinajstić information content (AvgIpc) is 2.39. The van der Waals surface area contributed by atoms with Crippen molar-refractivity contribution >= 4 is 22.6 Å². The number of benzene rings is 2. The van der Waals surface area contributed by atoms with Gasteiger partial charge in [-0.3, -0.25) is 4.79 Å². The van der Waals surface area contributed by atoms with E-state index in [4.69, 9.17) is 16.0 Å². The van der Waals surface area contributed by atoms with Crippen molar-refractivity contribution in [1.82, 2.24) is 0 Å². The molecule has 0 bridgehead atoms. The van der Waals surface area contributed by atoms with Gasteiger partial charge in [0.15, 0.2) is 0 Å². The molecule has 0 saturated heterocycles. The van der Waals surface area contributed by atoms with Crippen LogP contribution in [-0.2, 0) is 0 Å². The first-order valence-electron chi connectivity index (χ1n) is 6.51. The fourth-order valence-corrected chi connectivity index (χ4v) is 2.83. The zero-order chi connectivity index (χ0) is 15.1. The highest BCUT2D eigenvalue weighted by atomic mass is 35.5. The van der Waals surface area contributed by atoms with Gasteiger partial charge in [0.1, 0.15) is 17.1 Å². The highest BCUT2D eigenvalue weighted by molar-refractivity contribution is 6.35. The summed E-state index contributed by atoms with van der Waals surface area (Å²) in [6.45, 7) is 3.68. The molecule has 0 atom stereocenters. The lowest BCUT2D eigenvalue weighted by Crippen LogP contribution is -2.08. The normalized spacial score (nSPS) is 11.0. The van der Waals surface area contributed by atoms with Crippen LogP contribution in [0.3, 0.4) is 0 Å². The van der Waals surface area contributed by atoms with Crippen molar-refractivity contribution in [3.63, 3.8) is 0 Å². The van der Waals surface area contributed by atoms with Gasteiger partial charge in [0.2, 0.25) is 5.43 Å². The van der Waals surface area contributed by atoms with Crippen molar-refractivity contribution in [3.05, 3.63) is 63.0 Å². The van der Waals surface area contributed by atoms with E-state index in [0.29, 0.717) is 22.3 Å². The largest absolute Gasteiger partial charge is 0.508 e. The zero-order valence-electron chi connectivity index (χ0n) is 11.6. The highest BCUT2D eigenvalue weighted by Crippen LogP contribution is 2.31. The van der Waals surface area contributed by atoms with E-state index in [0.717, 1.165) is 11.1 Å². The molecule has 2 aromatic carbocycles. The predicted octanol–water partition coefficient (Wildman–Crippen LogP) is 4.44. The maximum Gasteiger partial charge on any atom is 0.202 e. The van der Waals surface area contributed by atoms with Gasteiger partial charge in [-0.25, -0.2) is 0 Å². The van der Waals surface area contributed by atoms with Crippen LogP contribution in [0.1, 0.15) is 11.3 Å². The van der Waals surface area contributed by atoms with Crippen molar-refractivity contribution in [2.45, 2.75) is 13.8 Å². The van der Waals surface area contributed by atoms with E-state index in [1.54, 1.807) is 6.92 Å². The third-order valence-corrected chi connectivity index (χ3v) is 3.82. The minimum atomic E-state index is -0.187. The number of rotatable bonds is 1. The quantitative estimate of drug-likeness (QED) is 0.723. The van der Waals surface area contributed by atoms with Gasteiger partial charge in [0, 0.05) is 6.07 Å². The molecule has 1 heterocycles. The highest BCUT2D eigenvalue weighted by Gasteiger charge is 2.17. The molecule has 0 saturated carbocycles. The lowest BCUT2D eigenvalue weighted by Gasteiger charge is -2.10. The van der Waals surface area contributed by atoms with Crippen LogP contribution in [-0.4, -0.2) is 5.11 Å². The van der Waals surface area contributed by atoms with Gasteiger partial charge in [-0.15, -0.1) is 0 Å². The van der Waals surface area contributed by atoms with Crippen molar-refractivity contribution in [2.75, 3.05) is 0 Å². The number of hydrogen-bond acceptors (Lipinski definition) is 3. The Morgan fingerprint density at radius 2 is 1.86 bits per heavy atom. The molecule has 21 heavy (non-hydrogen) atoms. The first-order chi connectivity index (χ1) is 9.99. The Kier molecular flexibility index (Phi) is 3.22. The molecule has 3 nitrogen and oxygen atoms in total. The van der Waals surface area contributed by atoms with Crippen LogP contribution in [0.5, 0.6) is 5.75 Å². The molecule has 0 aliphatic heterocycles. The van der Waals surface area contributed by atoms with Crippen molar-refractivity contribution in [1.29, 1.82) is 0 Å². The smallest absolute Gasteiger partial charge is 0.202 e. The summed E-state index contributed by atoms with van der Waals surface area (Å²) < 4.78 is 5.70. The zero-order valence-corrected chi connectivity index (χ0v) is 12.4. The predicted molar refractivity (Wildman–Crippen MR) is 84.1 cm³/mol. The Morgan fingerprint density at radius 3 is 2.57 bits per heavy atom. The van der Waals surface area contributed by atoms with E-state index < -0.39 is 0 Å². The van der Waals surface area contributed by atoms with Gasteiger partial charge in [0.05, 0.1) is 16.0 Å². The number of halogens is 1. The van der Waals surface area contributed by atoms with Crippen LogP contribution in [0.25, 0.3) is 22.1 Å². The molecule has 1 N–H and O–H groups in total. The molecule has 0 radical (unpaired) electrons. The number of phenols is 1. The Morgan fingerprint density at radius 1 is 1.14 bits per heavy atom. The first kappa shape index (κ1) is 13.7. The second-order valence-electron chi connectivity index (χ2n) is 4.98. The summed E-state index contributed by atoms with van der Waals surface area (Å²) in [5.41, 5.74) is 2.43. The van der Waals surface area contributed by atoms with Gasteiger partial charge in [0.25, 0.3) is 0 Å². The van der Waals surface area contributed by atoms with Crippen LogP contribution in [0, 0.1) is 13.8 Å². The minimum Gasteiger partial charge on any atom is -0.508 e.